The van der Waals surface area contributed by atoms with Crippen LogP contribution in [0, 0.1) is 11.3 Å². The molecule has 0 bridgehead atoms. The smallest absolute Gasteiger partial charge is 0.236 e. The highest BCUT2D eigenvalue weighted by atomic mass is 32.1. The number of fused-ring (bicyclic) bond motifs is 3. The number of hydrogen-bond donors (Lipinski definition) is 1. The van der Waals surface area contributed by atoms with Crippen LogP contribution in [0.4, 0.5) is 0 Å². The molecule has 0 saturated carbocycles. The Kier molecular flexibility index (Phi) is 4.34. The first-order valence-corrected chi connectivity index (χ1v) is 9.55. The molecule has 4 rings (SSSR count). The highest BCUT2D eigenvalue weighted by molar-refractivity contribution is 7.18. The summed E-state index contributed by atoms with van der Waals surface area (Å²) in [4.78, 5) is 23.0. The molecule has 2 atom stereocenters. The van der Waals surface area contributed by atoms with E-state index in [2.05, 4.69) is 14.5 Å². The fourth-order valence-corrected chi connectivity index (χ4v) is 4.62. The zero-order chi connectivity index (χ0) is 18.3. The summed E-state index contributed by atoms with van der Waals surface area (Å²) in [7, 11) is 0. The van der Waals surface area contributed by atoms with Gasteiger partial charge in [0.2, 0.25) is 5.91 Å². The van der Waals surface area contributed by atoms with Crippen LogP contribution in [0.15, 0.2) is 17.6 Å². The lowest BCUT2D eigenvalue weighted by Crippen LogP contribution is -2.40. The van der Waals surface area contributed by atoms with Gasteiger partial charge in [0, 0.05) is 13.1 Å². The second kappa shape index (κ2) is 6.67. The molecular formula is C18H19N5O2S. The number of carbonyl (C=O) groups excluding carboxylic acids is 1. The number of nitrogens with zero attached hydrogens (tertiary/aromatic N) is 5. The molecule has 0 radical (unpaired) electrons. The van der Waals surface area contributed by atoms with E-state index in [1.807, 2.05) is 17.5 Å². The highest BCUT2D eigenvalue weighted by Gasteiger charge is 2.29. The molecular weight excluding hydrogens is 350 g/mol. The fraction of sp³-hybridized carbons (Fsp3) is 0.444. The maximum Gasteiger partial charge on any atom is 0.236 e. The van der Waals surface area contributed by atoms with E-state index in [-0.39, 0.29) is 18.4 Å². The standard InChI is InChI=1S/C18H19N5O2S/c1-11(24)18-21-14-9-20-13-5-8-26-17(13)16(14)23(18)12-3-2-7-22(10-12)15(25)4-6-19/h5,8-9,11-12,24H,2-4,7,10H2,1H3/t11?,12-/m0/s1. The van der Waals surface area contributed by atoms with Gasteiger partial charge >= 0.3 is 0 Å². The van der Waals surface area contributed by atoms with E-state index in [1.54, 1.807) is 29.4 Å². The minimum atomic E-state index is -0.720. The highest BCUT2D eigenvalue weighted by Crippen LogP contribution is 2.35. The van der Waals surface area contributed by atoms with Crippen LogP contribution in [0.1, 0.15) is 44.2 Å². The average Bonchev–Trinajstić information content (AvgIpc) is 3.25. The third kappa shape index (κ3) is 2.73. The largest absolute Gasteiger partial charge is 0.385 e. The summed E-state index contributed by atoms with van der Waals surface area (Å²) >= 11 is 1.61. The number of piperidine rings is 1. The van der Waals surface area contributed by atoms with E-state index in [1.165, 1.54) is 0 Å². The Morgan fingerprint density at radius 1 is 1.54 bits per heavy atom. The SMILES string of the molecule is CC(O)c1nc2cnc3ccsc3c2n1[C@H]1CCCN(C(=O)CC#N)C1. The molecule has 3 aromatic rings. The van der Waals surface area contributed by atoms with Gasteiger partial charge in [-0.25, -0.2) is 4.98 Å². The topological polar surface area (TPSA) is 95.0 Å². The predicted molar refractivity (Wildman–Crippen MR) is 98.6 cm³/mol. The molecule has 134 valence electrons. The summed E-state index contributed by atoms with van der Waals surface area (Å²) in [5.41, 5.74) is 2.64. The molecule has 26 heavy (non-hydrogen) atoms. The Morgan fingerprint density at radius 2 is 2.38 bits per heavy atom. The molecule has 7 nitrogen and oxygen atoms in total. The van der Waals surface area contributed by atoms with Crippen molar-refractivity contribution in [3.05, 3.63) is 23.5 Å². The molecule has 1 amide bonds. The van der Waals surface area contributed by atoms with Crippen LogP contribution in [-0.2, 0) is 4.79 Å². The average molecular weight is 369 g/mol. The number of hydrogen-bond acceptors (Lipinski definition) is 6. The van der Waals surface area contributed by atoms with E-state index in [4.69, 9.17) is 5.26 Å². The zero-order valence-corrected chi connectivity index (χ0v) is 15.2. The molecule has 1 aliphatic heterocycles. The van der Waals surface area contributed by atoms with Gasteiger partial charge in [0.1, 0.15) is 23.9 Å². The van der Waals surface area contributed by atoms with Gasteiger partial charge in [0.15, 0.2) is 0 Å². The zero-order valence-electron chi connectivity index (χ0n) is 14.4. The quantitative estimate of drug-likeness (QED) is 0.766. The lowest BCUT2D eigenvalue weighted by molar-refractivity contribution is -0.131. The first-order chi connectivity index (χ1) is 12.6. The Hall–Kier alpha value is -2.50. The van der Waals surface area contributed by atoms with Crippen molar-refractivity contribution in [2.75, 3.05) is 13.1 Å². The van der Waals surface area contributed by atoms with E-state index in [0.29, 0.717) is 18.9 Å². The molecule has 8 heteroatoms. The summed E-state index contributed by atoms with van der Waals surface area (Å²) in [6.45, 7) is 2.91. The molecule has 1 aliphatic rings. The van der Waals surface area contributed by atoms with Gasteiger partial charge in [-0.15, -0.1) is 11.3 Å². The Balaban J connectivity index is 1.84. The second-order valence-corrected chi connectivity index (χ2v) is 7.53. The third-order valence-electron chi connectivity index (χ3n) is 4.87. The predicted octanol–water partition coefficient (Wildman–Crippen LogP) is 2.78. The third-order valence-corrected chi connectivity index (χ3v) is 5.78. The summed E-state index contributed by atoms with van der Waals surface area (Å²) in [6.07, 6.45) is 2.69. The number of thiophene rings is 1. The van der Waals surface area contributed by atoms with E-state index < -0.39 is 6.10 Å². The Labute approximate surface area is 154 Å². The number of carbonyl (C=O) groups is 1. The van der Waals surface area contributed by atoms with Crippen LogP contribution in [0.5, 0.6) is 0 Å². The lowest BCUT2D eigenvalue weighted by Gasteiger charge is -2.34. The van der Waals surface area contributed by atoms with Crippen molar-refractivity contribution in [1.29, 1.82) is 5.26 Å². The molecule has 1 unspecified atom stereocenters. The molecule has 1 fully saturated rings. The van der Waals surface area contributed by atoms with Crippen LogP contribution in [-0.4, -0.2) is 43.5 Å². The van der Waals surface area contributed by atoms with Gasteiger partial charge in [-0.2, -0.15) is 5.26 Å². The van der Waals surface area contributed by atoms with Crippen molar-refractivity contribution in [3.8, 4) is 6.07 Å². The fourth-order valence-electron chi connectivity index (χ4n) is 3.73. The summed E-state index contributed by atoms with van der Waals surface area (Å²) in [6, 6.07) is 3.93. The first-order valence-electron chi connectivity index (χ1n) is 8.67. The van der Waals surface area contributed by atoms with E-state index in [0.717, 1.165) is 34.1 Å². The van der Waals surface area contributed by atoms with Crippen LogP contribution < -0.4 is 0 Å². The lowest BCUT2D eigenvalue weighted by atomic mass is 10.0. The second-order valence-electron chi connectivity index (χ2n) is 6.61. The van der Waals surface area contributed by atoms with Gasteiger partial charge in [-0.3, -0.25) is 9.78 Å². The molecule has 3 aromatic heterocycles. The van der Waals surface area contributed by atoms with Crippen molar-refractivity contribution >= 4 is 38.5 Å². The number of aliphatic hydroxyl groups is 1. The number of amides is 1. The molecule has 0 aromatic carbocycles. The van der Waals surface area contributed by atoms with Gasteiger partial charge in [-0.1, -0.05) is 0 Å². The monoisotopic (exact) mass is 369 g/mol. The number of pyridine rings is 1. The van der Waals surface area contributed by atoms with Crippen LogP contribution in [0.2, 0.25) is 0 Å². The van der Waals surface area contributed by atoms with Gasteiger partial charge < -0.3 is 14.6 Å². The Morgan fingerprint density at radius 3 is 3.15 bits per heavy atom. The maximum absolute atomic E-state index is 12.2. The van der Waals surface area contributed by atoms with E-state index >= 15 is 0 Å². The minimum absolute atomic E-state index is 0.0219. The number of likely N-dealkylation sites (tertiary alicyclic amines) is 1. The summed E-state index contributed by atoms with van der Waals surface area (Å²) in [5.74, 6) is 0.463. The molecule has 1 saturated heterocycles. The number of imidazole rings is 1. The van der Waals surface area contributed by atoms with Gasteiger partial charge in [-0.05, 0) is 31.2 Å². The molecule has 0 spiro atoms. The first kappa shape index (κ1) is 16.9. The van der Waals surface area contributed by atoms with Crippen LogP contribution in [0.3, 0.4) is 0 Å². The number of nitriles is 1. The van der Waals surface area contributed by atoms with Crippen molar-refractivity contribution in [2.45, 2.75) is 38.3 Å². The summed E-state index contributed by atoms with van der Waals surface area (Å²) in [5, 5.41) is 21.1. The molecule has 1 N–H and O–H groups in total. The maximum atomic E-state index is 12.2. The molecule has 0 aliphatic carbocycles. The number of aromatic nitrogens is 3. The minimum Gasteiger partial charge on any atom is -0.385 e. The normalized spacial score (nSPS) is 19.0. The van der Waals surface area contributed by atoms with Crippen molar-refractivity contribution in [3.63, 3.8) is 0 Å². The summed E-state index contributed by atoms with van der Waals surface area (Å²) < 4.78 is 3.13. The van der Waals surface area contributed by atoms with Gasteiger partial charge in [0.25, 0.3) is 0 Å². The van der Waals surface area contributed by atoms with Crippen LogP contribution >= 0.6 is 11.3 Å². The van der Waals surface area contributed by atoms with Crippen molar-refractivity contribution in [1.82, 2.24) is 19.4 Å². The van der Waals surface area contributed by atoms with Crippen molar-refractivity contribution in [2.24, 2.45) is 0 Å². The number of aliphatic hydroxyl groups excluding tert-OH is 1. The van der Waals surface area contributed by atoms with Crippen molar-refractivity contribution < 1.29 is 9.90 Å². The van der Waals surface area contributed by atoms with E-state index in [9.17, 15) is 9.90 Å². The number of rotatable bonds is 3. The molecule has 4 heterocycles. The van der Waals surface area contributed by atoms with Gasteiger partial charge in [0.05, 0.1) is 34.0 Å². The van der Waals surface area contributed by atoms with Crippen LogP contribution in [0.25, 0.3) is 21.3 Å². The Bertz CT molecular complexity index is 1020.